The highest BCUT2D eigenvalue weighted by atomic mass is 32.2. The van der Waals surface area contributed by atoms with E-state index in [1.165, 1.54) is 37.6 Å². The van der Waals surface area contributed by atoms with Crippen molar-refractivity contribution in [3.8, 4) is 10.6 Å². The van der Waals surface area contributed by atoms with Gasteiger partial charge in [0.15, 0.2) is 0 Å². The Morgan fingerprint density at radius 2 is 2.04 bits per heavy atom. The van der Waals surface area contributed by atoms with E-state index < -0.39 is 10.0 Å². The fourth-order valence-corrected chi connectivity index (χ4v) is 4.08. The van der Waals surface area contributed by atoms with E-state index in [0.29, 0.717) is 11.4 Å². The van der Waals surface area contributed by atoms with Crippen LogP contribution in [0.5, 0.6) is 0 Å². The number of pyridine rings is 1. The first-order valence-corrected chi connectivity index (χ1v) is 10.4. The summed E-state index contributed by atoms with van der Waals surface area (Å²) >= 11 is 1.44. The Labute approximate surface area is 161 Å². The zero-order valence-electron chi connectivity index (χ0n) is 14.8. The topological polar surface area (TPSA) is 92.3 Å². The number of anilines is 1. The molecule has 0 aliphatic rings. The van der Waals surface area contributed by atoms with E-state index in [4.69, 9.17) is 0 Å². The van der Waals surface area contributed by atoms with Gasteiger partial charge in [0, 0.05) is 43.1 Å². The summed E-state index contributed by atoms with van der Waals surface area (Å²) in [5.74, 6) is -0.266. The number of nitrogens with one attached hydrogen (secondary N) is 1. The van der Waals surface area contributed by atoms with Gasteiger partial charge < -0.3 is 5.32 Å². The molecule has 3 rings (SSSR count). The summed E-state index contributed by atoms with van der Waals surface area (Å²) in [6, 6.07) is 9.91. The normalized spacial score (nSPS) is 11.5. The quantitative estimate of drug-likeness (QED) is 0.684. The van der Waals surface area contributed by atoms with Crippen molar-refractivity contribution in [1.29, 1.82) is 0 Å². The van der Waals surface area contributed by atoms with E-state index in [1.807, 2.05) is 17.5 Å². The van der Waals surface area contributed by atoms with E-state index in [0.717, 1.165) is 14.9 Å². The number of aromatic nitrogens is 2. The molecule has 2 aromatic heterocycles. The van der Waals surface area contributed by atoms with E-state index in [-0.39, 0.29) is 17.2 Å². The summed E-state index contributed by atoms with van der Waals surface area (Å²) in [6.45, 7) is 0. The molecule has 2 heterocycles. The predicted octanol–water partition coefficient (Wildman–Crippen LogP) is 2.64. The summed E-state index contributed by atoms with van der Waals surface area (Å²) < 4.78 is 25.5. The van der Waals surface area contributed by atoms with E-state index in [9.17, 15) is 13.2 Å². The summed E-state index contributed by atoms with van der Waals surface area (Å²) in [7, 11) is -0.634. The number of hydrogen-bond acceptors (Lipinski definition) is 6. The lowest BCUT2D eigenvalue weighted by molar-refractivity contribution is -0.115. The molecule has 0 aliphatic heterocycles. The van der Waals surface area contributed by atoms with Gasteiger partial charge >= 0.3 is 0 Å². The van der Waals surface area contributed by atoms with Crippen LogP contribution in [0.15, 0.2) is 59.1 Å². The molecule has 0 fully saturated rings. The van der Waals surface area contributed by atoms with Crippen LogP contribution in [0.25, 0.3) is 10.6 Å². The molecule has 0 saturated carbocycles. The second-order valence-corrected chi connectivity index (χ2v) is 8.94. The molecular weight excluding hydrogens is 384 g/mol. The highest BCUT2D eigenvalue weighted by Gasteiger charge is 2.18. The second-order valence-electron chi connectivity index (χ2n) is 5.93. The molecule has 0 spiro atoms. The van der Waals surface area contributed by atoms with Crippen LogP contribution >= 0.6 is 11.3 Å². The molecule has 0 saturated heterocycles. The summed E-state index contributed by atoms with van der Waals surface area (Å²) in [5.41, 5.74) is 1.97. The molecule has 1 N–H and O–H groups in total. The maximum atomic E-state index is 12.3. The molecule has 0 unspecified atom stereocenters. The third kappa shape index (κ3) is 4.57. The van der Waals surface area contributed by atoms with Crippen LogP contribution in [-0.4, -0.2) is 42.7 Å². The van der Waals surface area contributed by atoms with Crippen LogP contribution in [-0.2, 0) is 21.2 Å². The van der Waals surface area contributed by atoms with Crippen molar-refractivity contribution >= 4 is 33.0 Å². The Kier molecular flexibility index (Phi) is 5.64. The van der Waals surface area contributed by atoms with Gasteiger partial charge in [-0.1, -0.05) is 6.07 Å². The molecule has 0 aliphatic carbocycles. The van der Waals surface area contributed by atoms with Crippen molar-refractivity contribution in [3.05, 3.63) is 59.9 Å². The lowest BCUT2D eigenvalue weighted by Gasteiger charge is -2.12. The standard InChI is InChI=1S/C18H18N4O3S2/c1-22(2)27(24,25)16-7-3-6-14(9-16)20-17(23)10-15-12-26-18(21-15)13-5-4-8-19-11-13/h3-9,11-12H,10H2,1-2H3,(H,20,23). The fraction of sp³-hybridized carbons (Fsp3) is 0.167. The number of carbonyl (C=O) groups excluding carboxylic acids is 1. The Bertz CT molecular complexity index is 1050. The molecule has 0 bridgehead atoms. The van der Waals surface area contributed by atoms with Gasteiger partial charge in [0.2, 0.25) is 15.9 Å². The molecule has 1 amide bonds. The van der Waals surface area contributed by atoms with Crippen LogP contribution in [0.3, 0.4) is 0 Å². The largest absolute Gasteiger partial charge is 0.326 e. The van der Waals surface area contributed by atoms with Crippen LogP contribution < -0.4 is 5.32 Å². The summed E-state index contributed by atoms with van der Waals surface area (Å²) in [6.07, 6.45) is 3.51. The number of carbonyl (C=O) groups is 1. The van der Waals surface area contributed by atoms with Gasteiger partial charge in [-0.05, 0) is 30.3 Å². The van der Waals surface area contributed by atoms with Crippen molar-refractivity contribution < 1.29 is 13.2 Å². The van der Waals surface area contributed by atoms with Crippen molar-refractivity contribution in [1.82, 2.24) is 14.3 Å². The number of benzene rings is 1. The van der Waals surface area contributed by atoms with Gasteiger partial charge in [-0.25, -0.2) is 17.7 Å². The minimum atomic E-state index is -3.56. The monoisotopic (exact) mass is 402 g/mol. The molecule has 1 aromatic carbocycles. The van der Waals surface area contributed by atoms with Gasteiger partial charge in [-0.3, -0.25) is 9.78 Å². The second kappa shape index (κ2) is 7.95. The molecule has 3 aromatic rings. The highest BCUT2D eigenvalue weighted by Crippen LogP contribution is 2.23. The maximum absolute atomic E-state index is 12.3. The van der Waals surface area contributed by atoms with Gasteiger partial charge in [-0.2, -0.15) is 0 Å². The number of hydrogen-bond donors (Lipinski definition) is 1. The van der Waals surface area contributed by atoms with Crippen molar-refractivity contribution in [2.75, 3.05) is 19.4 Å². The summed E-state index contributed by atoms with van der Waals surface area (Å²) in [4.78, 5) is 20.9. The van der Waals surface area contributed by atoms with Crippen LogP contribution in [0.1, 0.15) is 5.69 Å². The van der Waals surface area contributed by atoms with Crippen molar-refractivity contribution in [2.45, 2.75) is 11.3 Å². The number of rotatable bonds is 6. The Balaban J connectivity index is 1.69. The summed E-state index contributed by atoms with van der Waals surface area (Å²) in [5, 5.41) is 5.35. The Hall–Kier alpha value is -2.62. The lowest BCUT2D eigenvalue weighted by Crippen LogP contribution is -2.22. The SMILES string of the molecule is CN(C)S(=O)(=O)c1cccc(NC(=O)Cc2csc(-c3cccnc3)n2)c1. The van der Waals surface area contributed by atoms with E-state index >= 15 is 0 Å². The van der Waals surface area contributed by atoms with E-state index in [1.54, 1.807) is 24.5 Å². The molecule has 140 valence electrons. The van der Waals surface area contributed by atoms with Crippen LogP contribution in [0.2, 0.25) is 0 Å². The molecule has 9 heteroatoms. The maximum Gasteiger partial charge on any atom is 0.242 e. The first-order valence-electron chi connectivity index (χ1n) is 8.03. The number of nitrogens with zero attached hydrogens (tertiary/aromatic N) is 3. The number of sulfonamides is 1. The van der Waals surface area contributed by atoms with Gasteiger partial charge in [0.25, 0.3) is 0 Å². The average molecular weight is 403 g/mol. The molecule has 7 nitrogen and oxygen atoms in total. The molecule has 0 radical (unpaired) electrons. The first-order chi connectivity index (χ1) is 12.9. The minimum absolute atomic E-state index is 0.0986. The van der Waals surface area contributed by atoms with Crippen LogP contribution in [0, 0.1) is 0 Å². The zero-order valence-corrected chi connectivity index (χ0v) is 16.4. The van der Waals surface area contributed by atoms with Crippen LogP contribution in [0.4, 0.5) is 5.69 Å². The average Bonchev–Trinajstić information content (AvgIpc) is 3.11. The highest BCUT2D eigenvalue weighted by molar-refractivity contribution is 7.89. The first kappa shape index (κ1) is 19.2. The van der Waals surface area contributed by atoms with Gasteiger partial charge in [-0.15, -0.1) is 11.3 Å². The number of amides is 1. The third-order valence-corrected chi connectivity index (χ3v) is 6.45. The third-order valence-electron chi connectivity index (χ3n) is 3.70. The Morgan fingerprint density at radius 1 is 1.22 bits per heavy atom. The fourth-order valence-electron chi connectivity index (χ4n) is 2.32. The lowest BCUT2D eigenvalue weighted by atomic mass is 10.2. The number of thiazole rings is 1. The van der Waals surface area contributed by atoms with Crippen molar-refractivity contribution in [2.24, 2.45) is 0 Å². The predicted molar refractivity (Wildman–Crippen MR) is 105 cm³/mol. The van der Waals surface area contributed by atoms with Gasteiger partial charge in [0.1, 0.15) is 5.01 Å². The zero-order chi connectivity index (χ0) is 19.4. The van der Waals surface area contributed by atoms with Gasteiger partial charge in [0.05, 0.1) is 17.0 Å². The minimum Gasteiger partial charge on any atom is -0.326 e. The molecular formula is C18H18N4O3S2. The van der Waals surface area contributed by atoms with Crippen molar-refractivity contribution in [3.63, 3.8) is 0 Å². The smallest absolute Gasteiger partial charge is 0.242 e. The molecule has 27 heavy (non-hydrogen) atoms. The van der Waals surface area contributed by atoms with E-state index in [2.05, 4.69) is 15.3 Å². The molecule has 0 atom stereocenters. The Morgan fingerprint density at radius 3 is 2.74 bits per heavy atom.